The number of fused-ring (bicyclic) bond motifs is 3. The van der Waals surface area contributed by atoms with Gasteiger partial charge in [0.15, 0.2) is 5.82 Å². The molecule has 4 aromatic rings. The van der Waals surface area contributed by atoms with E-state index in [4.69, 9.17) is 10.7 Å². The molecule has 0 saturated heterocycles. The number of imidazole rings is 1. The molecule has 0 aliphatic heterocycles. The molecule has 150 valence electrons. The number of hydrogen-bond acceptors (Lipinski definition) is 7. The highest BCUT2D eigenvalue weighted by Crippen LogP contribution is 2.29. The van der Waals surface area contributed by atoms with Crippen LogP contribution in [0.5, 0.6) is 0 Å². The van der Waals surface area contributed by atoms with Crippen molar-refractivity contribution in [2.75, 3.05) is 11.5 Å². The second-order valence-corrected chi connectivity index (χ2v) is 8.80. The molecule has 0 spiro atoms. The van der Waals surface area contributed by atoms with Gasteiger partial charge in [0.2, 0.25) is 15.0 Å². The molecule has 2 N–H and O–H groups in total. The average Bonchev–Trinajstić information content (AvgIpc) is 3.11. The molecule has 0 amide bonds. The Bertz CT molecular complexity index is 1270. The summed E-state index contributed by atoms with van der Waals surface area (Å²) in [5, 5.41) is 0.876. The van der Waals surface area contributed by atoms with Crippen molar-refractivity contribution in [1.29, 1.82) is 0 Å². The molecule has 3 aromatic heterocycles. The first-order valence-corrected chi connectivity index (χ1v) is 11.2. The summed E-state index contributed by atoms with van der Waals surface area (Å²) >= 11 is 0. The van der Waals surface area contributed by atoms with E-state index < -0.39 is 9.84 Å². The van der Waals surface area contributed by atoms with Gasteiger partial charge < -0.3 is 10.3 Å². The van der Waals surface area contributed by atoms with Crippen molar-refractivity contribution in [2.45, 2.75) is 37.9 Å². The summed E-state index contributed by atoms with van der Waals surface area (Å²) in [6, 6.07) is 9.44. The topological polar surface area (TPSA) is 117 Å². The quantitative estimate of drug-likeness (QED) is 0.368. The molecule has 0 bridgehead atoms. The molecule has 0 atom stereocenters. The molecule has 9 heteroatoms. The minimum Gasteiger partial charge on any atom is -0.382 e. The van der Waals surface area contributed by atoms with Gasteiger partial charge in [0.1, 0.15) is 11.3 Å². The summed E-state index contributed by atoms with van der Waals surface area (Å²) in [6.07, 6.45) is 4.81. The summed E-state index contributed by atoms with van der Waals surface area (Å²) < 4.78 is 26.9. The van der Waals surface area contributed by atoms with Gasteiger partial charge in [0.25, 0.3) is 0 Å². The van der Waals surface area contributed by atoms with Crippen LogP contribution in [0.2, 0.25) is 0 Å². The maximum Gasteiger partial charge on any atom is 0.246 e. The number of para-hydroxylation sites is 1. The van der Waals surface area contributed by atoms with Gasteiger partial charge in [0.05, 0.1) is 16.8 Å². The molecule has 3 heterocycles. The van der Waals surface area contributed by atoms with Gasteiger partial charge in [-0.2, -0.15) is 0 Å². The number of nitrogens with zero attached hydrogens (tertiary/aromatic N) is 5. The number of hydrogen-bond donors (Lipinski definition) is 1. The normalized spacial score (nSPS) is 12.0. The van der Waals surface area contributed by atoms with E-state index in [0.717, 1.165) is 28.7 Å². The third kappa shape index (κ3) is 3.65. The summed E-state index contributed by atoms with van der Waals surface area (Å²) in [4.78, 5) is 16.9. The van der Waals surface area contributed by atoms with Crippen molar-refractivity contribution in [3.05, 3.63) is 48.5 Å². The number of aromatic nitrogens is 5. The zero-order valence-corrected chi connectivity index (χ0v) is 16.9. The van der Waals surface area contributed by atoms with Crippen molar-refractivity contribution in [2.24, 2.45) is 0 Å². The van der Waals surface area contributed by atoms with Gasteiger partial charge in [-0.05, 0) is 25.0 Å². The smallest absolute Gasteiger partial charge is 0.246 e. The number of benzene rings is 1. The first kappa shape index (κ1) is 19.3. The maximum absolute atomic E-state index is 12.4. The van der Waals surface area contributed by atoms with Crippen LogP contribution in [0.4, 0.5) is 5.82 Å². The minimum absolute atomic E-state index is 0.00947. The van der Waals surface area contributed by atoms with Crippen molar-refractivity contribution < 1.29 is 8.42 Å². The van der Waals surface area contributed by atoms with Crippen LogP contribution in [0.15, 0.2) is 47.9 Å². The standard InChI is InChI=1S/C20H22N6O2S/c1-2-16-25-17-18(14-8-3-4-9-15(14)24-19(17)21)26(16)12-5-6-13-29(27,28)20-22-10-7-11-23-20/h3-4,7-11H,2,5-6,12-13H2,1H3,(H2,21,24). The third-order valence-corrected chi connectivity index (χ3v) is 6.46. The Balaban J connectivity index is 1.60. The molecule has 0 fully saturated rings. The van der Waals surface area contributed by atoms with Crippen LogP contribution in [0, 0.1) is 0 Å². The fourth-order valence-electron chi connectivity index (χ4n) is 3.51. The predicted molar refractivity (Wildman–Crippen MR) is 112 cm³/mol. The Morgan fingerprint density at radius 3 is 2.55 bits per heavy atom. The highest BCUT2D eigenvalue weighted by molar-refractivity contribution is 7.91. The summed E-state index contributed by atoms with van der Waals surface area (Å²) in [6.45, 7) is 2.69. The molecule has 0 aliphatic carbocycles. The van der Waals surface area contributed by atoms with Gasteiger partial charge in [-0.3, -0.25) is 0 Å². The van der Waals surface area contributed by atoms with Crippen LogP contribution in [-0.2, 0) is 22.8 Å². The number of anilines is 1. The monoisotopic (exact) mass is 410 g/mol. The lowest BCUT2D eigenvalue weighted by Crippen LogP contribution is -2.12. The number of sulfone groups is 1. The molecular weight excluding hydrogens is 388 g/mol. The Morgan fingerprint density at radius 2 is 1.79 bits per heavy atom. The number of nitrogen functional groups attached to an aromatic ring is 1. The molecule has 0 unspecified atom stereocenters. The molecular formula is C20H22N6O2S. The number of nitrogens with two attached hydrogens (primary N) is 1. The molecule has 1 aromatic carbocycles. The first-order chi connectivity index (χ1) is 14.0. The predicted octanol–water partition coefficient (Wildman–Crippen LogP) is 2.77. The third-order valence-electron chi connectivity index (χ3n) is 4.87. The molecule has 29 heavy (non-hydrogen) atoms. The highest BCUT2D eigenvalue weighted by Gasteiger charge is 2.18. The van der Waals surface area contributed by atoms with Gasteiger partial charge in [-0.1, -0.05) is 25.1 Å². The molecule has 4 rings (SSSR count). The minimum atomic E-state index is -3.48. The van der Waals surface area contributed by atoms with Crippen LogP contribution in [0.3, 0.4) is 0 Å². The second-order valence-electron chi connectivity index (χ2n) is 6.80. The van der Waals surface area contributed by atoms with E-state index in [-0.39, 0.29) is 10.9 Å². The van der Waals surface area contributed by atoms with E-state index in [1.165, 1.54) is 12.4 Å². The number of pyridine rings is 1. The van der Waals surface area contributed by atoms with Crippen molar-refractivity contribution >= 4 is 37.6 Å². The second kappa shape index (κ2) is 7.75. The summed E-state index contributed by atoms with van der Waals surface area (Å²) in [7, 11) is -3.48. The van der Waals surface area contributed by atoms with Gasteiger partial charge in [-0.25, -0.2) is 28.4 Å². The SMILES string of the molecule is CCc1nc2c(N)nc3ccccc3c2n1CCCCS(=O)(=O)c1ncccn1. The van der Waals surface area contributed by atoms with E-state index in [1.54, 1.807) is 6.07 Å². The van der Waals surface area contributed by atoms with E-state index >= 15 is 0 Å². The van der Waals surface area contributed by atoms with Gasteiger partial charge in [0, 0.05) is 30.7 Å². The molecule has 0 radical (unpaired) electrons. The van der Waals surface area contributed by atoms with Crippen LogP contribution >= 0.6 is 0 Å². The van der Waals surface area contributed by atoms with Crippen LogP contribution in [0.25, 0.3) is 21.9 Å². The van der Waals surface area contributed by atoms with Crippen LogP contribution in [-0.4, -0.2) is 38.7 Å². The van der Waals surface area contributed by atoms with Gasteiger partial charge in [-0.15, -0.1) is 0 Å². The maximum atomic E-state index is 12.4. The largest absolute Gasteiger partial charge is 0.382 e. The molecule has 0 aliphatic rings. The Labute approximate surface area is 168 Å². The lowest BCUT2D eigenvalue weighted by Gasteiger charge is -2.10. The Kier molecular flexibility index (Phi) is 5.14. The number of aryl methyl sites for hydroxylation is 2. The lowest BCUT2D eigenvalue weighted by molar-refractivity contribution is 0.574. The Morgan fingerprint density at radius 1 is 1.03 bits per heavy atom. The van der Waals surface area contributed by atoms with Crippen molar-refractivity contribution in [1.82, 2.24) is 24.5 Å². The number of unbranched alkanes of at least 4 members (excludes halogenated alkanes) is 1. The molecule has 0 saturated carbocycles. The van der Waals surface area contributed by atoms with E-state index in [1.807, 2.05) is 31.2 Å². The zero-order valence-electron chi connectivity index (χ0n) is 16.1. The fourth-order valence-corrected chi connectivity index (χ4v) is 4.72. The summed E-state index contributed by atoms with van der Waals surface area (Å²) in [5.74, 6) is 1.34. The van der Waals surface area contributed by atoms with Gasteiger partial charge >= 0.3 is 0 Å². The van der Waals surface area contributed by atoms with Crippen molar-refractivity contribution in [3.63, 3.8) is 0 Å². The van der Waals surface area contributed by atoms with Crippen LogP contribution in [0.1, 0.15) is 25.6 Å². The average molecular weight is 411 g/mol. The van der Waals surface area contributed by atoms with E-state index in [0.29, 0.717) is 30.7 Å². The highest BCUT2D eigenvalue weighted by atomic mass is 32.2. The van der Waals surface area contributed by atoms with E-state index in [9.17, 15) is 8.42 Å². The first-order valence-electron chi connectivity index (χ1n) is 9.54. The zero-order chi connectivity index (χ0) is 20.4. The Hall–Kier alpha value is -3.07. The lowest BCUT2D eigenvalue weighted by atomic mass is 10.2. The molecule has 8 nitrogen and oxygen atoms in total. The fraction of sp³-hybridized carbons (Fsp3) is 0.300. The number of rotatable bonds is 7. The van der Waals surface area contributed by atoms with Crippen molar-refractivity contribution in [3.8, 4) is 0 Å². The van der Waals surface area contributed by atoms with E-state index in [2.05, 4.69) is 19.5 Å². The van der Waals surface area contributed by atoms with Crippen LogP contribution < -0.4 is 5.73 Å². The summed E-state index contributed by atoms with van der Waals surface area (Å²) in [5.41, 5.74) is 8.64.